The van der Waals surface area contributed by atoms with E-state index in [2.05, 4.69) is 28.5 Å². The highest BCUT2D eigenvalue weighted by Gasteiger charge is 1.91. The van der Waals surface area contributed by atoms with Crippen LogP contribution in [0.4, 0.5) is 5.69 Å². The van der Waals surface area contributed by atoms with Gasteiger partial charge in [0.05, 0.1) is 11.9 Å². The zero-order chi connectivity index (χ0) is 11.2. The third kappa shape index (κ3) is 2.67. The predicted octanol–water partition coefficient (Wildman–Crippen LogP) is 2.84. The summed E-state index contributed by atoms with van der Waals surface area (Å²) in [6.45, 7) is 2.06. The summed E-state index contributed by atoms with van der Waals surface area (Å²) >= 11 is 0. The first kappa shape index (κ1) is 10.4. The molecule has 0 bridgehead atoms. The minimum absolute atomic E-state index is 0.930. The van der Waals surface area contributed by atoms with Crippen molar-refractivity contribution in [1.82, 2.24) is 4.98 Å². The summed E-state index contributed by atoms with van der Waals surface area (Å²) < 4.78 is 0. The molecule has 0 radical (unpaired) electrons. The SMILES string of the molecule is Cc1ccccc1C=NNc1ccncc1. The molecule has 16 heavy (non-hydrogen) atoms. The maximum absolute atomic E-state index is 4.17. The van der Waals surface area contributed by atoms with Crippen LogP contribution in [-0.2, 0) is 0 Å². The van der Waals surface area contributed by atoms with Crippen molar-refractivity contribution in [2.24, 2.45) is 5.10 Å². The Morgan fingerprint density at radius 2 is 1.88 bits per heavy atom. The minimum atomic E-state index is 0.930. The van der Waals surface area contributed by atoms with Crippen LogP contribution in [-0.4, -0.2) is 11.2 Å². The average Bonchev–Trinajstić information content (AvgIpc) is 2.33. The summed E-state index contributed by atoms with van der Waals surface area (Å²) in [6.07, 6.45) is 5.27. The van der Waals surface area contributed by atoms with Crippen LogP contribution < -0.4 is 5.43 Å². The number of benzene rings is 1. The van der Waals surface area contributed by atoms with Crippen molar-refractivity contribution in [3.63, 3.8) is 0 Å². The fourth-order valence-corrected chi connectivity index (χ4v) is 1.33. The smallest absolute Gasteiger partial charge is 0.0592 e. The summed E-state index contributed by atoms with van der Waals surface area (Å²) in [6, 6.07) is 11.9. The monoisotopic (exact) mass is 211 g/mol. The zero-order valence-corrected chi connectivity index (χ0v) is 9.09. The molecule has 2 aromatic rings. The molecule has 1 N–H and O–H groups in total. The van der Waals surface area contributed by atoms with Crippen molar-refractivity contribution in [2.45, 2.75) is 6.92 Å². The lowest BCUT2D eigenvalue weighted by Gasteiger charge is -2.00. The topological polar surface area (TPSA) is 37.3 Å². The van der Waals surface area contributed by atoms with Crippen LogP contribution in [0.15, 0.2) is 53.9 Å². The van der Waals surface area contributed by atoms with E-state index >= 15 is 0 Å². The first-order chi connectivity index (χ1) is 7.86. The number of anilines is 1. The first-order valence-corrected chi connectivity index (χ1v) is 5.11. The normalized spacial score (nSPS) is 10.6. The number of hydrogen-bond donors (Lipinski definition) is 1. The van der Waals surface area contributed by atoms with Crippen LogP contribution in [0, 0.1) is 6.92 Å². The molecule has 0 aliphatic heterocycles. The highest BCUT2D eigenvalue weighted by atomic mass is 15.3. The Balaban J connectivity index is 2.03. The molecule has 3 nitrogen and oxygen atoms in total. The van der Waals surface area contributed by atoms with Gasteiger partial charge in [-0.3, -0.25) is 10.4 Å². The summed E-state index contributed by atoms with van der Waals surface area (Å²) in [5.41, 5.74) is 6.21. The Bertz CT molecular complexity index is 478. The number of hydrogen-bond acceptors (Lipinski definition) is 3. The standard InChI is InChI=1S/C13H13N3/c1-11-4-2-3-5-12(11)10-15-16-13-6-8-14-9-7-13/h2-10H,1H3,(H,14,16). The molecule has 0 unspecified atom stereocenters. The number of aryl methyl sites for hydroxylation is 1. The number of hydrazone groups is 1. The van der Waals surface area contributed by atoms with Gasteiger partial charge in [-0.2, -0.15) is 5.10 Å². The Morgan fingerprint density at radius 3 is 2.62 bits per heavy atom. The molecule has 2 rings (SSSR count). The fourth-order valence-electron chi connectivity index (χ4n) is 1.33. The molecule has 0 aliphatic rings. The Kier molecular flexibility index (Phi) is 3.28. The van der Waals surface area contributed by atoms with E-state index in [0.29, 0.717) is 0 Å². The summed E-state index contributed by atoms with van der Waals surface area (Å²) in [5.74, 6) is 0. The first-order valence-electron chi connectivity index (χ1n) is 5.11. The maximum atomic E-state index is 4.17. The highest BCUT2D eigenvalue weighted by Crippen LogP contribution is 2.05. The summed E-state index contributed by atoms with van der Waals surface area (Å²) in [5, 5.41) is 4.17. The Morgan fingerprint density at radius 1 is 1.12 bits per heavy atom. The van der Waals surface area contributed by atoms with Crippen molar-refractivity contribution in [3.05, 3.63) is 59.9 Å². The quantitative estimate of drug-likeness (QED) is 0.626. The van der Waals surface area contributed by atoms with Gasteiger partial charge in [0.25, 0.3) is 0 Å². The molecule has 0 saturated carbocycles. The van der Waals surface area contributed by atoms with Crippen molar-refractivity contribution >= 4 is 11.9 Å². The molecule has 80 valence electrons. The van der Waals surface area contributed by atoms with Gasteiger partial charge in [0.1, 0.15) is 0 Å². The van der Waals surface area contributed by atoms with Gasteiger partial charge in [-0.25, -0.2) is 0 Å². The van der Waals surface area contributed by atoms with E-state index in [1.165, 1.54) is 5.56 Å². The maximum Gasteiger partial charge on any atom is 0.0592 e. The molecule has 0 atom stereocenters. The molecule has 0 saturated heterocycles. The fraction of sp³-hybridized carbons (Fsp3) is 0.0769. The molecule has 0 aliphatic carbocycles. The van der Waals surface area contributed by atoms with Gasteiger partial charge in [-0.05, 0) is 30.2 Å². The van der Waals surface area contributed by atoms with Crippen LogP contribution in [0.25, 0.3) is 0 Å². The highest BCUT2D eigenvalue weighted by molar-refractivity contribution is 5.82. The zero-order valence-electron chi connectivity index (χ0n) is 9.09. The largest absolute Gasteiger partial charge is 0.278 e. The van der Waals surface area contributed by atoms with Gasteiger partial charge in [-0.1, -0.05) is 24.3 Å². The summed E-state index contributed by atoms with van der Waals surface area (Å²) in [7, 11) is 0. The molecule has 0 fully saturated rings. The van der Waals surface area contributed by atoms with Gasteiger partial charge < -0.3 is 0 Å². The van der Waals surface area contributed by atoms with Gasteiger partial charge in [-0.15, -0.1) is 0 Å². The van der Waals surface area contributed by atoms with Gasteiger partial charge in [0.15, 0.2) is 0 Å². The van der Waals surface area contributed by atoms with Crippen molar-refractivity contribution in [2.75, 3.05) is 5.43 Å². The summed E-state index contributed by atoms with van der Waals surface area (Å²) in [4.78, 5) is 3.93. The average molecular weight is 211 g/mol. The van der Waals surface area contributed by atoms with Crippen LogP contribution in [0.3, 0.4) is 0 Å². The second-order valence-corrected chi connectivity index (χ2v) is 3.46. The van der Waals surface area contributed by atoms with Crippen LogP contribution in [0.2, 0.25) is 0 Å². The third-order valence-corrected chi connectivity index (χ3v) is 2.27. The van der Waals surface area contributed by atoms with Crippen molar-refractivity contribution in [3.8, 4) is 0 Å². The lowest BCUT2D eigenvalue weighted by Crippen LogP contribution is -1.92. The predicted molar refractivity (Wildman–Crippen MR) is 66.6 cm³/mol. The number of nitrogens with one attached hydrogen (secondary N) is 1. The van der Waals surface area contributed by atoms with Crippen molar-refractivity contribution < 1.29 is 0 Å². The lowest BCUT2D eigenvalue weighted by atomic mass is 10.1. The number of nitrogens with zero attached hydrogens (tertiary/aromatic N) is 2. The van der Waals surface area contributed by atoms with E-state index in [-0.39, 0.29) is 0 Å². The molecule has 0 spiro atoms. The van der Waals surface area contributed by atoms with Crippen LogP contribution >= 0.6 is 0 Å². The Labute approximate surface area is 94.9 Å². The Hall–Kier alpha value is -2.16. The minimum Gasteiger partial charge on any atom is -0.278 e. The van der Waals surface area contributed by atoms with Gasteiger partial charge >= 0.3 is 0 Å². The number of pyridine rings is 1. The van der Waals surface area contributed by atoms with E-state index in [1.54, 1.807) is 12.4 Å². The van der Waals surface area contributed by atoms with E-state index in [1.807, 2.05) is 36.5 Å². The second-order valence-electron chi connectivity index (χ2n) is 3.46. The number of rotatable bonds is 3. The van der Waals surface area contributed by atoms with Gasteiger partial charge in [0, 0.05) is 12.4 Å². The van der Waals surface area contributed by atoms with E-state index in [9.17, 15) is 0 Å². The van der Waals surface area contributed by atoms with Crippen LogP contribution in [0.1, 0.15) is 11.1 Å². The lowest BCUT2D eigenvalue weighted by molar-refractivity contribution is 1.28. The molecule has 3 heteroatoms. The van der Waals surface area contributed by atoms with Gasteiger partial charge in [0.2, 0.25) is 0 Å². The molecular formula is C13H13N3. The van der Waals surface area contributed by atoms with Crippen molar-refractivity contribution in [1.29, 1.82) is 0 Å². The van der Waals surface area contributed by atoms with E-state index in [0.717, 1.165) is 11.3 Å². The van der Waals surface area contributed by atoms with Crippen LogP contribution in [0.5, 0.6) is 0 Å². The molecule has 1 aromatic heterocycles. The third-order valence-electron chi connectivity index (χ3n) is 2.27. The van der Waals surface area contributed by atoms with E-state index < -0.39 is 0 Å². The van der Waals surface area contributed by atoms with E-state index in [4.69, 9.17) is 0 Å². The molecular weight excluding hydrogens is 198 g/mol. The number of aromatic nitrogens is 1. The molecule has 0 amide bonds. The molecule has 1 heterocycles. The second kappa shape index (κ2) is 5.07. The molecule has 1 aromatic carbocycles.